The molecular formula is C20H14BrN5O. The number of nitrogens with one attached hydrogen (secondary N) is 2. The molecule has 0 aliphatic carbocycles. The normalized spacial score (nSPS) is 15.1. The Hall–Kier alpha value is -3.19. The van der Waals surface area contributed by atoms with Crippen LogP contribution in [-0.2, 0) is 0 Å². The number of anilines is 1. The van der Waals surface area contributed by atoms with E-state index in [4.69, 9.17) is 5.73 Å². The molecule has 0 saturated heterocycles. The van der Waals surface area contributed by atoms with Crippen LogP contribution in [0.2, 0.25) is 0 Å². The van der Waals surface area contributed by atoms with Crippen molar-refractivity contribution >= 4 is 38.6 Å². The van der Waals surface area contributed by atoms with E-state index >= 15 is 0 Å². The zero-order valence-electron chi connectivity index (χ0n) is 14.0. The SMILES string of the molecule is NC(=O)c1nnc2[nH]cc3c2c1-c1ccccc1NC3c1ccc(Br)cc1. The van der Waals surface area contributed by atoms with Gasteiger partial charge in [0, 0.05) is 38.4 Å². The van der Waals surface area contributed by atoms with Crippen LogP contribution in [-0.4, -0.2) is 21.1 Å². The molecule has 4 aromatic rings. The van der Waals surface area contributed by atoms with Crippen molar-refractivity contribution in [3.63, 3.8) is 0 Å². The minimum absolute atomic E-state index is 0.112. The van der Waals surface area contributed by atoms with Gasteiger partial charge in [-0.15, -0.1) is 10.2 Å². The first-order valence-electron chi connectivity index (χ1n) is 8.42. The van der Waals surface area contributed by atoms with Gasteiger partial charge in [-0.2, -0.15) is 0 Å². The summed E-state index contributed by atoms with van der Waals surface area (Å²) in [4.78, 5) is 15.3. The molecule has 1 amide bonds. The first-order valence-corrected chi connectivity index (χ1v) is 9.21. The lowest BCUT2D eigenvalue weighted by atomic mass is 9.96. The van der Waals surface area contributed by atoms with Crippen LogP contribution in [0.5, 0.6) is 0 Å². The minimum Gasteiger partial charge on any atom is -0.374 e. The number of carbonyl (C=O) groups is 1. The summed E-state index contributed by atoms with van der Waals surface area (Å²) >= 11 is 3.49. The lowest BCUT2D eigenvalue weighted by molar-refractivity contribution is 0.0995. The van der Waals surface area contributed by atoms with Crippen molar-refractivity contribution in [1.29, 1.82) is 0 Å². The van der Waals surface area contributed by atoms with Crippen molar-refractivity contribution in [1.82, 2.24) is 15.2 Å². The van der Waals surface area contributed by atoms with Crippen LogP contribution in [0.15, 0.2) is 59.2 Å². The van der Waals surface area contributed by atoms with Crippen LogP contribution in [0, 0.1) is 0 Å². The monoisotopic (exact) mass is 419 g/mol. The Kier molecular flexibility index (Phi) is 3.51. The fourth-order valence-corrected chi connectivity index (χ4v) is 3.94. The van der Waals surface area contributed by atoms with E-state index in [1.165, 1.54) is 0 Å². The molecular weight excluding hydrogens is 406 g/mol. The van der Waals surface area contributed by atoms with E-state index in [0.29, 0.717) is 11.2 Å². The Morgan fingerprint density at radius 3 is 2.63 bits per heavy atom. The van der Waals surface area contributed by atoms with Crippen molar-refractivity contribution in [2.75, 3.05) is 5.32 Å². The van der Waals surface area contributed by atoms with Gasteiger partial charge in [0.1, 0.15) is 0 Å². The molecule has 27 heavy (non-hydrogen) atoms. The van der Waals surface area contributed by atoms with E-state index in [1.54, 1.807) is 0 Å². The van der Waals surface area contributed by atoms with Gasteiger partial charge in [-0.3, -0.25) is 4.79 Å². The zero-order chi connectivity index (χ0) is 18.5. The van der Waals surface area contributed by atoms with Gasteiger partial charge in [-0.05, 0) is 23.8 Å². The molecule has 0 saturated carbocycles. The van der Waals surface area contributed by atoms with E-state index in [0.717, 1.165) is 32.2 Å². The third kappa shape index (κ3) is 2.43. The van der Waals surface area contributed by atoms with Crippen LogP contribution >= 0.6 is 15.9 Å². The van der Waals surface area contributed by atoms with Crippen LogP contribution < -0.4 is 11.1 Å². The molecule has 1 aliphatic heterocycles. The first-order chi connectivity index (χ1) is 13.1. The molecule has 0 spiro atoms. The third-order valence-electron chi connectivity index (χ3n) is 4.87. The van der Waals surface area contributed by atoms with Gasteiger partial charge in [-0.1, -0.05) is 46.3 Å². The molecule has 2 aromatic carbocycles. The second-order valence-corrected chi connectivity index (χ2v) is 7.35. The highest BCUT2D eigenvalue weighted by Gasteiger charge is 2.29. The average Bonchev–Trinajstić information content (AvgIpc) is 3.04. The molecule has 0 radical (unpaired) electrons. The van der Waals surface area contributed by atoms with Crippen molar-refractivity contribution in [2.45, 2.75) is 6.04 Å². The highest BCUT2D eigenvalue weighted by Crippen LogP contribution is 2.44. The fraction of sp³-hybridized carbons (Fsp3) is 0.0500. The number of aromatic nitrogens is 3. The number of para-hydroxylation sites is 1. The molecule has 4 N–H and O–H groups in total. The molecule has 1 unspecified atom stereocenters. The summed E-state index contributed by atoms with van der Waals surface area (Å²) in [5, 5.41) is 12.7. The Morgan fingerprint density at radius 2 is 1.85 bits per heavy atom. The molecule has 1 aliphatic rings. The number of fused-ring (bicyclic) bond motifs is 2. The van der Waals surface area contributed by atoms with E-state index in [-0.39, 0.29) is 11.7 Å². The number of nitrogens with zero attached hydrogens (tertiary/aromatic N) is 2. The molecule has 7 heteroatoms. The number of aromatic amines is 1. The quantitative estimate of drug-likeness (QED) is 0.457. The summed E-state index contributed by atoms with van der Waals surface area (Å²) in [6, 6.07) is 15.9. The van der Waals surface area contributed by atoms with Gasteiger partial charge < -0.3 is 16.0 Å². The summed E-state index contributed by atoms with van der Waals surface area (Å²) < 4.78 is 1.02. The smallest absolute Gasteiger partial charge is 0.269 e. The number of primary amides is 1. The third-order valence-corrected chi connectivity index (χ3v) is 5.40. The maximum atomic E-state index is 12.1. The van der Waals surface area contributed by atoms with E-state index < -0.39 is 5.91 Å². The molecule has 1 atom stereocenters. The van der Waals surface area contributed by atoms with Gasteiger partial charge in [0.2, 0.25) is 0 Å². The minimum atomic E-state index is -0.594. The topological polar surface area (TPSA) is 96.7 Å². The number of amides is 1. The summed E-state index contributed by atoms with van der Waals surface area (Å²) in [5.41, 5.74) is 11.0. The van der Waals surface area contributed by atoms with E-state index in [9.17, 15) is 4.79 Å². The molecule has 0 bridgehead atoms. The standard InChI is InChI=1S/C20H14BrN5O/c21-11-7-5-10(6-8-11)17-13-9-23-20-16(13)15(18(19(22)27)25-26-20)12-3-1-2-4-14(12)24-17/h1-9,17,24H,(H2,22,27)(H,23,26). The molecule has 3 heterocycles. The second kappa shape index (κ2) is 5.92. The molecule has 2 aromatic heterocycles. The number of benzene rings is 2. The number of halogens is 1. The lowest BCUT2D eigenvalue weighted by Crippen LogP contribution is -2.15. The Balaban J connectivity index is 1.88. The highest BCUT2D eigenvalue weighted by molar-refractivity contribution is 9.10. The zero-order valence-corrected chi connectivity index (χ0v) is 15.6. The van der Waals surface area contributed by atoms with Crippen LogP contribution in [0.1, 0.15) is 27.7 Å². The molecule has 5 rings (SSSR count). The average molecular weight is 420 g/mol. The Labute approximate surface area is 162 Å². The second-order valence-electron chi connectivity index (χ2n) is 6.43. The molecule has 132 valence electrons. The molecule has 6 nitrogen and oxygen atoms in total. The number of H-pyrrole nitrogens is 1. The highest BCUT2D eigenvalue weighted by atomic mass is 79.9. The van der Waals surface area contributed by atoms with Gasteiger partial charge in [0.25, 0.3) is 5.91 Å². The number of nitrogens with two attached hydrogens (primary N) is 1. The predicted octanol–water partition coefficient (Wildman–Crippen LogP) is 4.00. The van der Waals surface area contributed by atoms with E-state index in [2.05, 4.69) is 48.6 Å². The predicted molar refractivity (Wildman–Crippen MR) is 107 cm³/mol. The largest absolute Gasteiger partial charge is 0.374 e. The van der Waals surface area contributed by atoms with Gasteiger partial charge in [0.15, 0.2) is 11.3 Å². The molecule has 0 fully saturated rings. The van der Waals surface area contributed by atoms with Crippen LogP contribution in [0.3, 0.4) is 0 Å². The number of carbonyl (C=O) groups excluding carboxylic acids is 1. The summed E-state index contributed by atoms with van der Waals surface area (Å²) in [7, 11) is 0. The van der Waals surface area contributed by atoms with E-state index in [1.807, 2.05) is 42.6 Å². The number of hydrogen-bond donors (Lipinski definition) is 3. The van der Waals surface area contributed by atoms with Gasteiger partial charge in [0.05, 0.1) is 6.04 Å². The summed E-state index contributed by atoms with van der Waals surface area (Å²) in [6.45, 7) is 0. The Bertz CT molecular complexity index is 1200. The maximum Gasteiger partial charge on any atom is 0.269 e. The van der Waals surface area contributed by atoms with Crippen molar-refractivity contribution in [2.24, 2.45) is 5.73 Å². The summed E-state index contributed by atoms with van der Waals surface area (Å²) in [6.07, 6.45) is 1.92. The van der Waals surface area contributed by atoms with Crippen molar-refractivity contribution in [3.8, 4) is 11.1 Å². The lowest BCUT2D eigenvalue weighted by Gasteiger charge is -2.19. The van der Waals surface area contributed by atoms with Gasteiger partial charge in [-0.25, -0.2) is 0 Å². The number of hydrogen-bond acceptors (Lipinski definition) is 4. The van der Waals surface area contributed by atoms with Gasteiger partial charge >= 0.3 is 0 Å². The fourth-order valence-electron chi connectivity index (χ4n) is 3.68. The number of rotatable bonds is 2. The van der Waals surface area contributed by atoms with Crippen LogP contribution in [0.4, 0.5) is 5.69 Å². The van der Waals surface area contributed by atoms with Crippen LogP contribution in [0.25, 0.3) is 22.2 Å². The first kappa shape index (κ1) is 16.0. The van der Waals surface area contributed by atoms with Crippen molar-refractivity contribution < 1.29 is 4.79 Å². The van der Waals surface area contributed by atoms with Crippen molar-refractivity contribution in [3.05, 3.63) is 76.0 Å². The summed E-state index contributed by atoms with van der Waals surface area (Å²) in [5.74, 6) is -0.594. The Morgan fingerprint density at radius 1 is 1.07 bits per heavy atom. The maximum absolute atomic E-state index is 12.1.